The predicted octanol–water partition coefficient (Wildman–Crippen LogP) is 2.85. The second-order valence-electron chi connectivity index (χ2n) is 7.41. The highest BCUT2D eigenvalue weighted by Gasteiger charge is 2.30. The van der Waals surface area contributed by atoms with E-state index >= 15 is 0 Å². The van der Waals surface area contributed by atoms with Crippen molar-refractivity contribution >= 4 is 16.8 Å². The van der Waals surface area contributed by atoms with Gasteiger partial charge >= 0.3 is 6.18 Å². The third kappa shape index (κ3) is 4.98. The Balaban J connectivity index is 1.71. The zero-order chi connectivity index (χ0) is 22.7. The van der Waals surface area contributed by atoms with E-state index in [9.17, 15) is 18.0 Å². The van der Waals surface area contributed by atoms with E-state index in [4.69, 9.17) is 9.47 Å². The fraction of sp³-hybridized carbons (Fsp3) is 0.429. The van der Waals surface area contributed by atoms with Crippen LogP contribution in [-0.4, -0.2) is 70.1 Å². The summed E-state index contributed by atoms with van der Waals surface area (Å²) in [7, 11) is 1.48. The molecule has 0 spiro atoms. The lowest BCUT2D eigenvalue weighted by Gasteiger charge is -2.19. The van der Waals surface area contributed by atoms with Gasteiger partial charge < -0.3 is 14.4 Å². The van der Waals surface area contributed by atoms with Gasteiger partial charge in [-0.15, -0.1) is 0 Å². The summed E-state index contributed by atoms with van der Waals surface area (Å²) in [4.78, 5) is 23.1. The summed E-state index contributed by atoms with van der Waals surface area (Å²) in [6.07, 6.45) is -2.18. The van der Waals surface area contributed by atoms with Crippen molar-refractivity contribution in [2.45, 2.75) is 25.6 Å². The molecule has 4 heterocycles. The van der Waals surface area contributed by atoms with Crippen LogP contribution < -0.4 is 4.74 Å². The van der Waals surface area contributed by atoms with Crippen molar-refractivity contribution in [2.24, 2.45) is 0 Å². The average molecular weight is 449 g/mol. The fourth-order valence-corrected chi connectivity index (χ4v) is 3.62. The number of carbonyl (C=O) groups excluding carboxylic acids is 1. The maximum Gasteiger partial charge on any atom is 0.408 e. The van der Waals surface area contributed by atoms with Crippen LogP contribution in [0.4, 0.5) is 13.2 Å². The summed E-state index contributed by atoms with van der Waals surface area (Å²) >= 11 is 0. The Bertz CT molecular complexity index is 1110. The summed E-state index contributed by atoms with van der Waals surface area (Å²) in [6.45, 7) is 0.623. The molecule has 1 amide bonds. The van der Waals surface area contributed by atoms with Crippen LogP contribution in [0, 0.1) is 0 Å². The Kier molecular flexibility index (Phi) is 6.26. The monoisotopic (exact) mass is 449 g/mol. The number of methoxy groups -OCH3 is 1. The van der Waals surface area contributed by atoms with E-state index in [1.165, 1.54) is 19.4 Å². The van der Waals surface area contributed by atoms with Gasteiger partial charge in [-0.25, -0.2) is 4.98 Å². The maximum atomic E-state index is 13.2. The molecule has 0 aromatic carbocycles. The first-order chi connectivity index (χ1) is 15.3. The molecule has 1 aliphatic heterocycles. The number of hydrogen-bond acceptors (Lipinski definition) is 6. The molecule has 3 aromatic heterocycles. The molecule has 0 unspecified atom stereocenters. The first-order valence-electron chi connectivity index (χ1n) is 10.1. The van der Waals surface area contributed by atoms with Gasteiger partial charge in [0, 0.05) is 43.8 Å². The number of alkyl halides is 3. The number of pyridine rings is 2. The molecule has 3 aromatic rings. The number of carbonyl (C=O) groups is 1. The zero-order valence-corrected chi connectivity index (χ0v) is 17.4. The van der Waals surface area contributed by atoms with Crippen LogP contribution in [0.5, 0.6) is 5.88 Å². The first kappa shape index (κ1) is 22.0. The van der Waals surface area contributed by atoms with Crippen molar-refractivity contribution in [3.05, 3.63) is 47.5 Å². The molecule has 170 valence electrons. The predicted molar refractivity (Wildman–Crippen MR) is 109 cm³/mol. The van der Waals surface area contributed by atoms with Crippen LogP contribution in [0.3, 0.4) is 0 Å². The SMILES string of the molecule is COc1cccc(Cc2nn(CC(F)(F)F)c3cc(C(=O)N4CCCOCC4)ncc23)n1. The summed E-state index contributed by atoms with van der Waals surface area (Å²) in [6, 6.07) is 6.54. The molecule has 0 saturated carbocycles. The third-order valence-electron chi connectivity index (χ3n) is 5.11. The van der Waals surface area contributed by atoms with Crippen LogP contribution in [0.2, 0.25) is 0 Å². The minimum Gasteiger partial charge on any atom is -0.481 e. The topological polar surface area (TPSA) is 82.4 Å². The highest BCUT2D eigenvalue weighted by Crippen LogP contribution is 2.26. The molecular formula is C21H22F3N5O3. The zero-order valence-electron chi connectivity index (χ0n) is 17.4. The summed E-state index contributed by atoms with van der Waals surface area (Å²) in [5.41, 5.74) is 1.26. The summed E-state index contributed by atoms with van der Waals surface area (Å²) < 4.78 is 51.0. The van der Waals surface area contributed by atoms with Gasteiger partial charge in [-0.2, -0.15) is 18.3 Å². The summed E-state index contributed by atoms with van der Waals surface area (Å²) in [5, 5.41) is 4.62. The van der Waals surface area contributed by atoms with E-state index in [1.807, 2.05) is 0 Å². The van der Waals surface area contributed by atoms with Crippen LogP contribution in [0.25, 0.3) is 10.9 Å². The number of ether oxygens (including phenoxy) is 2. The molecule has 32 heavy (non-hydrogen) atoms. The first-order valence-corrected chi connectivity index (χ1v) is 10.1. The third-order valence-corrected chi connectivity index (χ3v) is 5.11. The van der Waals surface area contributed by atoms with Crippen molar-refractivity contribution in [3.8, 4) is 5.88 Å². The number of rotatable bonds is 5. The van der Waals surface area contributed by atoms with Crippen molar-refractivity contribution in [2.75, 3.05) is 33.4 Å². The van der Waals surface area contributed by atoms with Crippen molar-refractivity contribution in [1.82, 2.24) is 24.6 Å². The number of hydrogen-bond donors (Lipinski definition) is 0. The molecule has 0 radical (unpaired) electrons. The Morgan fingerprint density at radius 3 is 2.88 bits per heavy atom. The minimum atomic E-state index is -4.47. The quantitative estimate of drug-likeness (QED) is 0.596. The molecule has 0 aliphatic carbocycles. The molecule has 1 fully saturated rings. The fourth-order valence-electron chi connectivity index (χ4n) is 3.62. The molecule has 1 saturated heterocycles. The van der Waals surface area contributed by atoms with Gasteiger partial charge in [0.05, 0.1) is 30.6 Å². The highest BCUT2D eigenvalue weighted by molar-refractivity contribution is 5.96. The lowest BCUT2D eigenvalue weighted by atomic mass is 10.1. The van der Waals surface area contributed by atoms with Gasteiger partial charge in [0.15, 0.2) is 0 Å². The molecule has 0 bridgehead atoms. The number of amides is 1. The van der Waals surface area contributed by atoms with E-state index in [1.54, 1.807) is 23.1 Å². The van der Waals surface area contributed by atoms with Gasteiger partial charge in [0.2, 0.25) is 5.88 Å². The molecule has 0 atom stereocenters. The normalized spacial score (nSPS) is 15.1. The Hall–Kier alpha value is -3.21. The lowest BCUT2D eigenvalue weighted by molar-refractivity contribution is -0.141. The largest absolute Gasteiger partial charge is 0.481 e. The van der Waals surface area contributed by atoms with Crippen LogP contribution in [0.15, 0.2) is 30.5 Å². The van der Waals surface area contributed by atoms with Crippen molar-refractivity contribution in [3.63, 3.8) is 0 Å². The molecule has 0 N–H and O–H groups in total. The van der Waals surface area contributed by atoms with E-state index in [0.29, 0.717) is 55.4 Å². The van der Waals surface area contributed by atoms with Crippen molar-refractivity contribution < 1.29 is 27.4 Å². The number of aromatic nitrogens is 4. The lowest BCUT2D eigenvalue weighted by Crippen LogP contribution is -2.33. The highest BCUT2D eigenvalue weighted by atomic mass is 19.4. The van der Waals surface area contributed by atoms with Crippen LogP contribution in [0.1, 0.15) is 28.3 Å². The minimum absolute atomic E-state index is 0.0776. The summed E-state index contributed by atoms with van der Waals surface area (Å²) in [5.74, 6) is 0.0575. The van der Waals surface area contributed by atoms with E-state index in [0.717, 1.165) is 4.68 Å². The molecule has 11 heteroatoms. The van der Waals surface area contributed by atoms with Gasteiger partial charge in [0.25, 0.3) is 5.91 Å². The van der Waals surface area contributed by atoms with Gasteiger partial charge in [-0.05, 0) is 18.6 Å². The number of fused-ring (bicyclic) bond motifs is 1. The second kappa shape index (κ2) is 9.11. The van der Waals surface area contributed by atoms with Crippen LogP contribution >= 0.6 is 0 Å². The number of halogens is 3. The molecule has 4 rings (SSSR count). The molecule has 1 aliphatic rings. The molecule has 8 nitrogen and oxygen atoms in total. The van der Waals surface area contributed by atoms with E-state index < -0.39 is 12.7 Å². The van der Waals surface area contributed by atoms with Gasteiger partial charge in [-0.3, -0.25) is 14.5 Å². The van der Waals surface area contributed by atoms with Gasteiger partial charge in [0.1, 0.15) is 12.2 Å². The average Bonchev–Trinajstić information content (AvgIpc) is 2.94. The van der Waals surface area contributed by atoms with Gasteiger partial charge in [-0.1, -0.05) is 6.07 Å². The molecular weight excluding hydrogens is 427 g/mol. The standard InChI is InChI=1S/C21H22F3N5O3/c1-31-19-5-2-4-14(26-19)10-16-15-12-25-17(20(30)28-6-3-8-32-9-7-28)11-18(15)29(27-16)13-21(22,23)24/h2,4-5,11-12H,3,6-10,13H2,1H3. The van der Waals surface area contributed by atoms with Crippen molar-refractivity contribution in [1.29, 1.82) is 0 Å². The van der Waals surface area contributed by atoms with E-state index in [-0.39, 0.29) is 23.5 Å². The Morgan fingerprint density at radius 1 is 1.25 bits per heavy atom. The van der Waals surface area contributed by atoms with Crippen LogP contribution in [-0.2, 0) is 17.7 Å². The van der Waals surface area contributed by atoms with E-state index in [2.05, 4.69) is 15.1 Å². The Labute approximate surface area is 182 Å². The number of nitrogens with zero attached hydrogens (tertiary/aromatic N) is 5. The smallest absolute Gasteiger partial charge is 0.408 e. The maximum absolute atomic E-state index is 13.2. The second-order valence-corrected chi connectivity index (χ2v) is 7.41. The Morgan fingerprint density at radius 2 is 2.09 bits per heavy atom.